The van der Waals surface area contributed by atoms with Crippen LogP contribution in [0.2, 0.25) is 0 Å². The van der Waals surface area contributed by atoms with Gasteiger partial charge in [0.2, 0.25) is 0 Å². The monoisotopic (exact) mass is 441 g/mol. The molecule has 6 rings (SSSR count). The molecule has 0 aliphatic carbocycles. The Balaban J connectivity index is 1.74. The summed E-state index contributed by atoms with van der Waals surface area (Å²) >= 11 is 0. The summed E-state index contributed by atoms with van der Waals surface area (Å²) in [7, 11) is 4.11. The van der Waals surface area contributed by atoms with Gasteiger partial charge in [0.1, 0.15) is 0 Å². The predicted molar refractivity (Wildman–Crippen MR) is 143 cm³/mol. The minimum Gasteiger partial charge on any atom is -0.343 e. The van der Waals surface area contributed by atoms with Crippen LogP contribution in [0.1, 0.15) is 22.3 Å². The van der Waals surface area contributed by atoms with Crippen LogP contribution in [0.5, 0.6) is 0 Å². The van der Waals surface area contributed by atoms with Crippen molar-refractivity contribution in [1.82, 2.24) is 4.57 Å². The van der Waals surface area contributed by atoms with Crippen molar-refractivity contribution in [2.75, 3.05) is 0 Å². The summed E-state index contributed by atoms with van der Waals surface area (Å²) in [6, 6.07) is 43.2. The first kappa shape index (κ1) is 19.8. The maximum Gasteiger partial charge on any atom is 0.0577 e. The lowest BCUT2D eigenvalue weighted by atomic mass is 9.92. The van der Waals surface area contributed by atoms with E-state index in [9.17, 15) is 0 Å². The zero-order valence-electron chi connectivity index (χ0n) is 18.4. The van der Waals surface area contributed by atoms with E-state index >= 15 is 0 Å². The quantitative estimate of drug-likeness (QED) is 0.254. The normalized spacial score (nSPS) is 12.5. The van der Waals surface area contributed by atoms with Gasteiger partial charge in [-0.3, -0.25) is 0 Å². The fourth-order valence-corrected chi connectivity index (χ4v) is 6.10. The molecule has 0 spiro atoms. The molecule has 0 fully saturated rings. The van der Waals surface area contributed by atoms with Crippen molar-refractivity contribution < 1.29 is 0 Å². The molecule has 0 saturated carbocycles. The standard InChI is InChI=1S/C31H23NS/c1-32-28(22-14-6-2-7-15-22)26-27(29(32)23-16-8-3-9-17-23)31(25-20-12-5-13-21-25)33-30(26)24-18-10-4-11-19-24/h2-21H,1H3. The predicted octanol–water partition coefficient (Wildman–Crippen LogP) is 7.24. The fraction of sp³-hybridized carbons (Fsp3) is 0.0323. The van der Waals surface area contributed by atoms with Gasteiger partial charge in [-0.2, -0.15) is 0 Å². The highest BCUT2D eigenvalue weighted by molar-refractivity contribution is 8.00. The summed E-state index contributed by atoms with van der Waals surface area (Å²) < 4.78 is 2.39. The molecule has 0 N–H and O–H groups in total. The van der Waals surface area contributed by atoms with Crippen molar-refractivity contribution in [2.24, 2.45) is 7.05 Å². The Labute approximate surface area is 198 Å². The molecule has 0 bridgehead atoms. The topological polar surface area (TPSA) is 4.93 Å². The number of rotatable bonds is 4. The Bertz CT molecular complexity index is 1390. The largest absolute Gasteiger partial charge is 0.343 e. The highest BCUT2D eigenvalue weighted by Gasteiger charge is 2.32. The second-order valence-electron chi connectivity index (χ2n) is 8.23. The minimum atomic E-state index is 1.24. The molecule has 0 radical (unpaired) electrons. The summed E-state index contributed by atoms with van der Waals surface area (Å²) in [6.45, 7) is 0. The van der Waals surface area contributed by atoms with E-state index in [0.717, 1.165) is 0 Å². The van der Waals surface area contributed by atoms with Gasteiger partial charge < -0.3 is 4.57 Å². The van der Waals surface area contributed by atoms with E-state index < -0.39 is 0 Å². The molecule has 2 heteroatoms. The van der Waals surface area contributed by atoms with Gasteiger partial charge in [0.25, 0.3) is 0 Å². The number of hydrogen-bond acceptors (Lipinski definition) is 0. The third-order valence-electron chi connectivity index (χ3n) is 6.22. The van der Waals surface area contributed by atoms with Crippen LogP contribution >= 0.6 is 10.9 Å². The molecule has 1 nitrogen and oxygen atoms in total. The second-order valence-corrected chi connectivity index (χ2v) is 9.25. The maximum absolute atomic E-state index is 2.39. The first-order chi connectivity index (χ1) is 16.3. The Kier molecular flexibility index (Phi) is 4.93. The summed E-state index contributed by atoms with van der Waals surface area (Å²) in [6.07, 6.45) is 0. The van der Waals surface area contributed by atoms with Crippen LogP contribution in [0, 0.1) is 0 Å². The van der Waals surface area contributed by atoms with Gasteiger partial charge in [-0.25, -0.2) is 0 Å². The molecule has 1 aliphatic rings. The average molecular weight is 442 g/mol. The maximum atomic E-state index is 2.39. The molecule has 1 aromatic heterocycles. The first-order valence-corrected chi connectivity index (χ1v) is 12.0. The molecule has 2 heterocycles. The minimum absolute atomic E-state index is 1.24. The molecule has 33 heavy (non-hydrogen) atoms. The van der Waals surface area contributed by atoms with Gasteiger partial charge in [-0.1, -0.05) is 121 Å². The highest BCUT2D eigenvalue weighted by atomic mass is 32.1. The average Bonchev–Trinajstić information content (AvgIpc) is 3.40. The molecule has 0 unspecified atom stereocenters. The Morgan fingerprint density at radius 3 is 1.06 bits per heavy atom. The van der Waals surface area contributed by atoms with Crippen LogP contribution in [0.3, 0.4) is 0 Å². The summed E-state index contributed by atoms with van der Waals surface area (Å²) in [5, 5.41) is 0. The molecule has 0 amide bonds. The molecule has 1 aliphatic heterocycles. The smallest absolute Gasteiger partial charge is 0.0577 e. The van der Waals surface area contributed by atoms with Crippen LogP contribution in [0.15, 0.2) is 121 Å². The van der Waals surface area contributed by atoms with Crippen molar-refractivity contribution in [3.05, 3.63) is 144 Å². The zero-order chi connectivity index (χ0) is 22.2. The Morgan fingerprint density at radius 1 is 0.424 bits per heavy atom. The van der Waals surface area contributed by atoms with Gasteiger partial charge in [-0.05, 0) is 22.3 Å². The number of nitrogens with zero attached hydrogens (tertiary/aromatic N) is 1. The van der Waals surface area contributed by atoms with Crippen molar-refractivity contribution in [3.8, 4) is 22.5 Å². The molecular formula is C31H23NS. The van der Waals surface area contributed by atoms with E-state index in [1.165, 1.54) is 54.5 Å². The van der Waals surface area contributed by atoms with Crippen molar-refractivity contribution >= 4 is 20.7 Å². The molecule has 0 atom stereocenters. The molecular weight excluding hydrogens is 418 g/mol. The first-order valence-electron chi connectivity index (χ1n) is 11.2. The summed E-state index contributed by atoms with van der Waals surface area (Å²) in [5.74, 6) is 0. The van der Waals surface area contributed by atoms with E-state index in [4.69, 9.17) is 0 Å². The number of fused-ring (bicyclic) bond motifs is 1. The Hall–Kier alpha value is -3.88. The number of hydrogen-bond donors (Lipinski definition) is 0. The van der Waals surface area contributed by atoms with E-state index in [-0.39, 0.29) is 0 Å². The lowest BCUT2D eigenvalue weighted by Crippen LogP contribution is -2.03. The van der Waals surface area contributed by atoms with Crippen molar-refractivity contribution in [2.45, 2.75) is 0 Å². The van der Waals surface area contributed by atoms with E-state index in [0.29, 0.717) is 0 Å². The lowest BCUT2D eigenvalue weighted by Gasteiger charge is -2.12. The van der Waals surface area contributed by atoms with Crippen LogP contribution in [0.4, 0.5) is 0 Å². The van der Waals surface area contributed by atoms with Gasteiger partial charge >= 0.3 is 0 Å². The van der Waals surface area contributed by atoms with Gasteiger partial charge in [0.15, 0.2) is 0 Å². The fourth-order valence-electron chi connectivity index (χ4n) is 4.78. The van der Waals surface area contributed by atoms with E-state index in [1.807, 2.05) is 10.9 Å². The van der Waals surface area contributed by atoms with Gasteiger partial charge in [-0.15, -0.1) is 10.9 Å². The number of benzene rings is 4. The molecule has 5 aromatic rings. The molecule has 0 saturated heterocycles. The van der Waals surface area contributed by atoms with Gasteiger partial charge in [0, 0.05) is 27.9 Å². The van der Waals surface area contributed by atoms with Gasteiger partial charge in [0.05, 0.1) is 11.4 Å². The molecule has 158 valence electrons. The second kappa shape index (κ2) is 8.23. The third-order valence-corrected chi connectivity index (χ3v) is 7.51. The lowest BCUT2D eigenvalue weighted by molar-refractivity contribution is 0.945. The number of aromatic nitrogens is 1. The highest BCUT2D eigenvalue weighted by Crippen LogP contribution is 2.42. The zero-order valence-corrected chi connectivity index (χ0v) is 19.2. The molecule has 4 aromatic carbocycles. The van der Waals surface area contributed by atoms with Crippen molar-refractivity contribution in [1.29, 1.82) is 0 Å². The van der Waals surface area contributed by atoms with Crippen LogP contribution in [-0.4, -0.2) is 14.3 Å². The van der Waals surface area contributed by atoms with E-state index in [2.05, 4.69) is 133 Å². The SMILES string of the molecule is Cn1c(-c2ccccc2)c2c(c1-c1ccccc1)C(c1ccccc1)=S=C2c1ccccc1. The summed E-state index contributed by atoms with van der Waals surface area (Å²) in [5.41, 5.74) is 10.2. The van der Waals surface area contributed by atoms with Crippen LogP contribution < -0.4 is 0 Å². The Morgan fingerprint density at radius 2 is 0.727 bits per heavy atom. The van der Waals surface area contributed by atoms with E-state index in [1.54, 1.807) is 0 Å². The summed E-state index contributed by atoms with van der Waals surface area (Å²) in [4.78, 5) is 2.64. The van der Waals surface area contributed by atoms with Crippen molar-refractivity contribution in [3.63, 3.8) is 0 Å². The van der Waals surface area contributed by atoms with Crippen LogP contribution in [0.25, 0.3) is 22.5 Å². The third kappa shape index (κ3) is 3.31. The van der Waals surface area contributed by atoms with Crippen LogP contribution in [-0.2, 0) is 7.05 Å².